The quantitative estimate of drug-likeness (QED) is 0.762. The molecule has 1 unspecified atom stereocenters. The second-order valence-corrected chi connectivity index (χ2v) is 8.00. The fourth-order valence-corrected chi connectivity index (χ4v) is 3.87. The Kier molecular flexibility index (Phi) is 5.90. The molecule has 27 heavy (non-hydrogen) atoms. The van der Waals surface area contributed by atoms with Crippen LogP contribution in [0.3, 0.4) is 0 Å². The van der Waals surface area contributed by atoms with E-state index in [0.29, 0.717) is 25.1 Å². The summed E-state index contributed by atoms with van der Waals surface area (Å²) < 4.78 is 0. The average molecular weight is 383 g/mol. The van der Waals surface area contributed by atoms with Crippen molar-refractivity contribution in [1.29, 1.82) is 0 Å². The Hall–Kier alpha value is -2.27. The van der Waals surface area contributed by atoms with Gasteiger partial charge in [-0.25, -0.2) is 4.79 Å². The van der Waals surface area contributed by atoms with Gasteiger partial charge in [0.1, 0.15) is 0 Å². The molecule has 1 atom stereocenters. The van der Waals surface area contributed by atoms with Crippen molar-refractivity contribution in [3.05, 3.63) is 71.8 Å². The molecule has 0 aliphatic carbocycles. The molecule has 0 spiro atoms. The first-order chi connectivity index (χ1) is 12.9. The van der Waals surface area contributed by atoms with Gasteiger partial charge < -0.3 is 4.90 Å². The maximum atomic E-state index is 13.3. The number of carbonyl (C=O) groups is 2. The van der Waals surface area contributed by atoms with Gasteiger partial charge in [0.2, 0.25) is 5.91 Å². The van der Waals surface area contributed by atoms with Crippen molar-refractivity contribution in [1.82, 2.24) is 9.80 Å². The molecule has 3 amide bonds. The number of hydrogen-bond acceptors (Lipinski definition) is 3. The number of nitrogens with zero attached hydrogens (tertiary/aromatic N) is 2. The Bertz CT molecular complexity index is 792. The second kappa shape index (κ2) is 8.17. The smallest absolute Gasteiger partial charge is 0.314 e. The third kappa shape index (κ3) is 4.35. The summed E-state index contributed by atoms with van der Waals surface area (Å²) in [7, 11) is 0. The second-order valence-electron chi connectivity index (χ2n) is 7.63. The highest BCUT2D eigenvalue weighted by Crippen LogP contribution is 2.31. The molecule has 4 nitrogen and oxygen atoms in total. The van der Waals surface area contributed by atoms with Crippen LogP contribution in [0.4, 0.5) is 4.79 Å². The van der Waals surface area contributed by atoms with Crippen LogP contribution in [0.2, 0.25) is 0 Å². The molecule has 142 valence electrons. The van der Waals surface area contributed by atoms with Crippen LogP contribution in [0.1, 0.15) is 31.4 Å². The Balaban J connectivity index is 1.85. The zero-order valence-corrected chi connectivity index (χ0v) is 16.7. The lowest BCUT2D eigenvalue weighted by Crippen LogP contribution is -2.64. The Labute approximate surface area is 166 Å². The molecule has 1 heterocycles. The van der Waals surface area contributed by atoms with Crippen molar-refractivity contribution in [3.63, 3.8) is 0 Å². The van der Waals surface area contributed by atoms with Crippen LogP contribution in [-0.2, 0) is 17.8 Å². The van der Waals surface area contributed by atoms with Crippen LogP contribution in [0.15, 0.2) is 60.7 Å². The van der Waals surface area contributed by atoms with Crippen LogP contribution in [-0.4, -0.2) is 39.1 Å². The maximum absolute atomic E-state index is 13.3. The van der Waals surface area contributed by atoms with Gasteiger partial charge in [-0.2, -0.15) is 12.6 Å². The molecular weight excluding hydrogens is 356 g/mol. The number of thiol groups is 1. The van der Waals surface area contributed by atoms with E-state index in [0.717, 1.165) is 11.1 Å². The Morgan fingerprint density at radius 3 is 2.07 bits per heavy atom. The normalized spacial score (nSPS) is 17.9. The number of urea groups is 1. The summed E-state index contributed by atoms with van der Waals surface area (Å²) in [5.41, 5.74) is 1.63. The number of rotatable bonds is 6. The van der Waals surface area contributed by atoms with E-state index in [-0.39, 0.29) is 18.0 Å². The number of hydrogen-bond donors (Lipinski definition) is 1. The topological polar surface area (TPSA) is 40.6 Å². The zero-order chi connectivity index (χ0) is 19.4. The molecule has 0 saturated carbocycles. The highest BCUT2D eigenvalue weighted by atomic mass is 32.1. The van der Waals surface area contributed by atoms with Gasteiger partial charge in [-0.15, -0.1) is 0 Å². The molecule has 1 fully saturated rings. The Morgan fingerprint density at radius 2 is 1.52 bits per heavy atom. The molecule has 0 radical (unpaired) electrons. The van der Waals surface area contributed by atoms with Crippen molar-refractivity contribution in [2.75, 3.05) is 5.75 Å². The molecule has 0 bridgehead atoms. The van der Waals surface area contributed by atoms with Crippen molar-refractivity contribution in [2.45, 2.75) is 44.8 Å². The van der Waals surface area contributed by atoms with E-state index in [9.17, 15) is 9.59 Å². The Morgan fingerprint density at radius 1 is 0.963 bits per heavy atom. The highest BCUT2D eigenvalue weighted by Gasteiger charge is 2.45. The van der Waals surface area contributed by atoms with E-state index in [1.807, 2.05) is 79.4 Å². The van der Waals surface area contributed by atoms with Crippen LogP contribution in [0.5, 0.6) is 0 Å². The summed E-state index contributed by atoms with van der Waals surface area (Å²) in [5.74, 6) is 0.315. The van der Waals surface area contributed by atoms with Crippen molar-refractivity contribution in [2.24, 2.45) is 0 Å². The van der Waals surface area contributed by atoms with Crippen molar-refractivity contribution < 1.29 is 9.59 Å². The molecule has 1 aliphatic heterocycles. The van der Waals surface area contributed by atoms with Crippen LogP contribution in [0.25, 0.3) is 0 Å². The van der Waals surface area contributed by atoms with Gasteiger partial charge in [0.25, 0.3) is 0 Å². The SMILES string of the molecule is CC1(C)CC(=O)N(C(CS)Cc2ccccc2)C(=O)N1Cc1ccccc1. The average Bonchev–Trinajstić information content (AvgIpc) is 2.65. The summed E-state index contributed by atoms with van der Waals surface area (Å²) in [5, 5.41) is 0. The fourth-order valence-electron chi connectivity index (χ4n) is 3.58. The number of imide groups is 1. The first-order valence-corrected chi connectivity index (χ1v) is 9.88. The molecule has 1 aliphatic rings. The predicted molar refractivity (Wildman–Crippen MR) is 111 cm³/mol. The first kappa shape index (κ1) is 19.5. The molecule has 0 N–H and O–H groups in total. The number of carbonyl (C=O) groups excluding carboxylic acids is 2. The van der Waals surface area contributed by atoms with Crippen molar-refractivity contribution >= 4 is 24.6 Å². The van der Waals surface area contributed by atoms with E-state index < -0.39 is 5.54 Å². The van der Waals surface area contributed by atoms with E-state index in [2.05, 4.69) is 12.6 Å². The van der Waals surface area contributed by atoms with E-state index in [1.54, 1.807) is 0 Å². The summed E-state index contributed by atoms with van der Waals surface area (Å²) in [6, 6.07) is 19.3. The molecule has 2 aromatic carbocycles. The predicted octanol–water partition coefficient (Wildman–Crippen LogP) is 4.16. The van der Waals surface area contributed by atoms with E-state index >= 15 is 0 Å². The van der Waals surface area contributed by atoms with Gasteiger partial charge >= 0.3 is 6.03 Å². The first-order valence-electron chi connectivity index (χ1n) is 9.25. The van der Waals surface area contributed by atoms with Gasteiger partial charge in [-0.1, -0.05) is 60.7 Å². The fraction of sp³-hybridized carbons (Fsp3) is 0.364. The zero-order valence-electron chi connectivity index (χ0n) is 15.8. The third-order valence-corrected chi connectivity index (χ3v) is 5.52. The maximum Gasteiger partial charge on any atom is 0.327 e. The molecule has 1 saturated heterocycles. The lowest BCUT2D eigenvalue weighted by atomic mass is 9.92. The standard InChI is InChI=1S/C22H26N2O2S/c1-22(2)14-20(25)24(19(16-27)13-17-9-5-3-6-10-17)21(26)23(22)15-18-11-7-4-8-12-18/h3-12,19,27H,13-16H2,1-2H3. The van der Waals surface area contributed by atoms with Gasteiger partial charge in [0, 0.05) is 17.8 Å². The summed E-state index contributed by atoms with van der Waals surface area (Å²) in [6.07, 6.45) is 0.923. The number of benzene rings is 2. The largest absolute Gasteiger partial charge is 0.327 e. The summed E-state index contributed by atoms with van der Waals surface area (Å²) in [4.78, 5) is 29.4. The molecule has 5 heteroatoms. The van der Waals surface area contributed by atoms with E-state index in [1.165, 1.54) is 4.90 Å². The molecule has 3 rings (SSSR count). The van der Waals surface area contributed by atoms with Crippen LogP contribution >= 0.6 is 12.6 Å². The molecule has 2 aromatic rings. The minimum atomic E-state index is -0.519. The van der Waals surface area contributed by atoms with Gasteiger partial charge in [0.15, 0.2) is 0 Å². The number of amides is 3. The van der Waals surface area contributed by atoms with Gasteiger partial charge in [-0.05, 0) is 31.4 Å². The van der Waals surface area contributed by atoms with Gasteiger partial charge in [0.05, 0.1) is 12.5 Å². The summed E-state index contributed by atoms with van der Waals surface area (Å²) >= 11 is 4.44. The minimum Gasteiger partial charge on any atom is -0.314 e. The monoisotopic (exact) mass is 382 g/mol. The summed E-state index contributed by atoms with van der Waals surface area (Å²) in [6.45, 7) is 4.40. The van der Waals surface area contributed by atoms with Crippen LogP contribution < -0.4 is 0 Å². The lowest BCUT2D eigenvalue weighted by Gasteiger charge is -2.47. The van der Waals surface area contributed by atoms with Crippen molar-refractivity contribution in [3.8, 4) is 0 Å². The van der Waals surface area contributed by atoms with Gasteiger partial charge in [-0.3, -0.25) is 9.69 Å². The molecular formula is C22H26N2O2S. The third-order valence-electron chi connectivity index (χ3n) is 5.09. The van der Waals surface area contributed by atoms with Crippen LogP contribution in [0, 0.1) is 0 Å². The molecule has 0 aromatic heterocycles. The van der Waals surface area contributed by atoms with E-state index in [4.69, 9.17) is 0 Å². The highest BCUT2D eigenvalue weighted by molar-refractivity contribution is 7.80. The minimum absolute atomic E-state index is 0.121. The lowest BCUT2D eigenvalue weighted by molar-refractivity contribution is -0.137.